The van der Waals surface area contributed by atoms with Crippen LogP contribution in [0.25, 0.3) is 0 Å². The normalized spacial score (nSPS) is 28.9. The van der Waals surface area contributed by atoms with Gasteiger partial charge in [-0.05, 0) is 30.4 Å². The van der Waals surface area contributed by atoms with Crippen molar-refractivity contribution in [3.8, 4) is 0 Å². The van der Waals surface area contributed by atoms with Gasteiger partial charge < -0.3 is 10.5 Å². The Hall–Kier alpha value is -0.950. The van der Waals surface area contributed by atoms with Crippen molar-refractivity contribution in [2.24, 2.45) is 5.73 Å². The van der Waals surface area contributed by atoms with Gasteiger partial charge >= 0.3 is 0 Å². The first-order valence-electron chi connectivity index (χ1n) is 6.99. The first-order chi connectivity index (χ1) is 9.55. The lowest BCUT2D eigenvalue weighted by molar-refractivity contribution is 0.0996. The Labute approximate surface area is 119 Å². The summed E-state index contributed by atoms with van der Waals surface area (Å²) in [5.41, 5.74) is 7.29. The van der Waals surface area contributed by atoms with E-state index < -0.39 is 10.0 Å². The average Bonchev–Trinajstić information content (AvgIpc) is 3.00. The Bertz CT molecular complexity index is 588. The van der Waals surface area contributed by atoms with Crippen LogP contribution < -0.4 is 10.5 Å². The van der Waals surface area contributed by atoms with Crippen LogP contribution in [0.1, 0.15) is 30.4 Å². The molecule has 0 saturated carbocycles. The summed E-state index contributed by atoms with van der Waals surface area (Å²) >= 11 is 0. The molecule has 0 aromatic heterocycles. The fourth-order valence-corrected chi connectivity index (χ4v) is 4.51. The first-order valence-corrected chi connectivity index (χ1v) is 8.64. The minimum Gasteiger partial charge on any atom is -0.373 e. The quantitative estimate of drug-likeness (QED) is 0.845. The van der Waals surface area contributed by atoms with Crippen LogP contribution in [-0.4, -0.2) is 26.7 Å². The molecule has 2 heterocycles. The van der Waals surface area contributed by atoms with Crippen LogP contribution in [0, 0.1) is 0 Å². The van der Waals surface area contributed by atoms with Gasteiger partial charge in [0.2, 0.25) is 10.0 Å². The smallest absolute Gasteiger partial charge is 0.216 e. The van der Waals surface area contributed by atoms with E-state index in [1.165, 1.54) is 0 Å². The maximum atomic E-state index is 12.2. The highest BCUT2D eigenvalue weighted by Crippen LogP contribution is 2.34. The highest BCUT2D eigenvalue weighted by molar-refractivity contribution is 7.88. The molecule has 2 bridgehead atoms. The molecule has 3 rings (SSSR count). The largest absolute Gasteiger partial charge is 0.373 e. The van der Waals surface area contributed by atoms with E-state index in [1.54, 1.807) is 0 Å². The van der Waals surface area contributed by atoms with Crippen molar-refractivity contribution in [2.75, 3.05) is 0 Å². The monoisotopic (exact) mass is 296 g/mol. The van der Waals surface area contributed by atoms with Crippen molar-refractivity contribution in [3.05, 3.63) is 35.4 Å². The van der Waals surface area contributed by atoms with E-state index in [0.717, 1.165) is 30.4 Å². The molecule has 2 aliphatic heterocycles. The Morgan fingerprint density at radius 3 is 2.75 bits per heavy atom. The lowest BCUT2D eigenvalue weighted by Crippen LogP contribution is -2.41. The third-order valence-corrected chi connectivity index (χ3v) is 5.40. The number of rotatable bonds is 5. The van der Waals surface area contributed by atoms with Crippen molar-refractivity contribution < 1.29 is 13.2 Å². The molecule has 6 heteroatoms. The maximum Gasteiger partial charge on any atom is 0.216 e. The zero-order valence-electron chi connectivity index (χ0n) is 11.3. The predicted molar refractivity (Wildman–Crippen MR) is 76.4 cm³/mol. The predicted octanol–water partition coefficient (Wildman–Crippen LogP) is 0.885. The summed E-state index contributed by atoms with van der Waals surface area (Å²) in [6.07, 6.45) is 3.12. The highest BCUT2D eigenvalue weighted by atomic mass is 32.2. The Morgan fingerprint density at radius 2 is 2.10 bits per heavy atom. The third-order valence-electron chi connectivity index (χ3n) is 4.02. The second-order valence-electron chi connectivity index (χ2n) is 5.62. The molecule has 2 aliphatic rings. The SMILES string of the molecule is NCc1cccc(CS(=O)(=O)NC2CC3CCC2O3)c1. The lowest BCUT2D eigenvalue weighted by atomic mass is 9.96. The summed E-state index contributed by atoms with van der Waals surface area (Å²) in [6.45, 7) is 0.418. The summed E-state index contributed by atoms with van der Waals surface area (Å²) in [5, 5.41) is 0. The summed E-state index contributed by atoms with van der Waals surface area (Å²) in [4.78, 5) is 0. The molecule has 3 unspecified atom stereocenters. The average molecular weight is 296 g/mol. The van der Waals surface area contributed by atoms with Crippen LogP contribution >= 0.6 is 0 Å². The topological polar surface area (TPSA) is 81.4 Å². The molecule has 5 nitrogen and oxygen atoms in total. The van der Waals surface area contributed by atoms with Crippen molar-refractivity contribution in [2.45, 2.75) is 49.8 Å². The van der Waals surface area contributed by atoms with Gasteiger partial charge in [-0.1, -0.05) is 24.3 Å². The number of ether oxygens (including phenoxy) is 1. The molecule has 20 heavy (non-hydrogen) atoms. The molecule has 110 valence electrons. The minimum atomic E-state index is -3.34. The van der Waals surface area contributed by atoms with Gasteiger partial charge in [0.05, 0.1) is 24.0 Å². The third kappa shape index (κ3) is 3.03. The van der Waals surface area contributed by atoms with Crippen LogP contribution in [0.15, 0.2) is 24.3 Å². The zero-order valence-corrected chi connectivity index (χ0v) is 12.1. The second-order valence-corrected chi connectivity index (χ2v) is 7.37. The molecule has 3 atom stereocenters. The van der Waals surface area contributed by atoms with E-state index in [1.807, 2.05) is 24.3 Å². The van der Waals surface area contributed by atoms with Crippen LogP contribution in [0.2, 0.25) is 0 Å². The van der Waals surface area contributed by atoms with Gasteiger partial charge in [0.1, 0.15) is 0 Å². The summed E-state index contributed by atoms with van der Waals surface area (Å²) in [5.74, 6) is -0.00523. The first kappa shape index (κ1) is 14.0. The summed E-state index contributed by atoms with van der Waals surface area (Å²) in [6, 6.07) is 7.34. The number of hydrogen-bond donors (Lipinski definition) is 2. The Balaban J connectivity index is 1.66. The van der Waals surface area contributed by atoms with Gasteiger partial charge in [0, 0.05) is 6.54 Å². The highest BCUT2D eigenvalue weighted by Gasteiger charge is 2.42. The zero-order chi connectivity index (χ0) is 14.2. The molecule has 1 aromatic rings. The van der Waals surface area contributed by atoms with Gasteiger partial charge in [-0.25, -0.2) is 13.1 Å². The summed E-state index contributed by atoms with van der Waals surface area (Å²) < 4.78 is 32.9. The van der Waals surface area contributed by atoms with E-state index >= 15 is 0 Å². The van der Waals surface area contributed by atoms with Crippen LogP contribution in [0.4, 0.5) is 0 Å². The Morgan fingerprint density at radius 1 is 1.30 bits per heavy atom. The second kappa shape index (κ2) is 5.44. The minimum absolute atomic E-state index is 0.00523. The van der Waals surface area contributed by atoms with E-state index in [-0.39, 0.29) is 24.0 Å². The van der Waals surface area contributed by atoms with Crippen molar-refractivity contribution in [3.63, 3.8) is 0 Å². The molecule has 0 aliphatic carbocycles. The van der Waals surface area contributed by atoms with Crippen LogP contribution in [-0.2, 0) is 27.1 Å². The standard InChI is InChI=1S/C14H20N2O3S/c15-8-10-2-1-3-11(6-10)9-20(17,18)16-13-7-12-4-5-14(13)19-12/h1-3,6,12-14,16H,4-5,7-9,15H2. The van der Waals surface area contributed by atoms with Gasteiger partial charge in [-0.2, -0.15) is 0 Å². The molecule has 0 amide bonds. The molecular formula is C14H20N2O3S. The molecule has 2 fully saturated rings. The fraction of sp³-hybridized carbons (Fsp3) is 0.571. The van der Waals surface area contributed by atoms with Crippen molar-refractivity contribution >= 4 is 10.0 Å². The van der Waals surface area contributed by atoms with Crippen LogP contribution in [0.3, 0.4) is 0 Å². The number of sulfonamides is 1. The molecule has 0 radical (unpaired) electrons. The lowest BCUT2D eigenvalue weighted by Gasteiger charge is -2.20. The number of fused-ring (bicyclic) bond motifs is 2. The van der Waals surface area contributed by atoms with Gasteiger partial charge in [0.15, 0.2) is 0 Å². The van der Waals surface area contributed by atoms with Gasteiger partial charge in [-0.15, -0.1) is 0 Å². The van der Waals surface area contributed by atoms with E-state index in [4.69, 9.17) is 10.5 Å². The molecular weight excluding hydrogens is 276 g/mol. The van der Waals surface area contributed by atoms with Gasteiger partial charge in [-0.3, -0.25) is 0 Å². The van der Waals surface area contributed by atoms with Crippen LogP contribution in [0.5, 0.6) is 0 Å². The molecule has 3 N–H and O–H groups in total. The van der Waals surface area contributed by atoms with E-state index in [9.17, 15) is 8.42 Å². The van der Waals surface area contributed by atoms with E-state index in [2.05, 4.69) is 4.72 Å². The van der Waals surface area contributed by atoms with Gasteiger partial charge in [0.25, 0.3) is 0 Å². The number of nitrogens with one attached hydrogen (secondary N) is 1. The van der Waals surface area contributed by atoms with Crippen molar-refractivity contribution in [1.82, 2.24) is 4.72 Å². The number of hydrogen-bond acceptors (Lipinski definition) is 4. The molecule has 0 spiro atoms. The Kier molecular flexibility index (Phi) is 3.81. The number of nitrogens with two attached hydrogens (primary N) is 1. The summed E-state index contributed by atoms with van der Waals surface area (Å²) in [7, 11) is -3.34. The van der Waals surface area contributed by atoms with E-state index in [0.29, 0.717) is 6.54 Å². The fourth-order valence-electron chi connectivity index (χ4n) is 3.10. The number of benzene rings is 1. The molecule has 1 aromatic carbocycles. The molecule has 2 saturated heterocycles. The maximum absolute atomic E-state index is 12.2. The van der Waals surface area contributed by atoms with Crippen molar-refractivity contribution in [1.29, 1.82) is 0 Å².